The Hall–Kier alpha value is -3.15. The molecule has 0 fully saturated rings. The minimum absolute atomic E-state index is 0.0538. The molecule has 1 amide bonds. The minimum atomic E-state index is -0.394. The summed E-state index contributed by atoms with van der Waals surface area (Å²) in [7, 11) is 0. The summed E-state index contributed by atoms with van der Waals surface area (Å²) in [6, 6.07) is 20.1. The molecule has 3 aromatic carbocycles. The van der Waals surface area contributed by atoms with Crippen LogP contribution in [-0.2, 0) is 0 Å². The van der Waals surface area contributed by atoms with Gasteiger partial charge in [0.1, 0.15) is 0 Å². The number of nitrogens with zero attached hydrogens (tertiary/aromatic N) is 3. The average Bonchev–Trinajstić information content (AvgIpc) is 3.17. The molecule has 0 atom stereocenters. The molecule has 0 aliphatic heterocycles. The van der Waals surface area contributed by atoms with Gasteiger partial charge in [-0.15, -0.1) is 5.10 Å². The number of amides is 1. The van der Waals surface area contributed by atoms with Crippen molar-refractivity contribution in [3.8, 4) is 17.1 Å². The van der Waals surface area contributed by atoms with Crippen molar-refractivity contribution in [1.29, 1.82) is 0 Å². The van der Waals surface area contributed by atoms with Gasteiger partial charge in [0.2, 0.25) is 5.82 Å². The maximum absolute atomic E-state index is 12.9. The van der Waals surface area contributed by atoms with Gasteiger partial charge < -0.3 is 5.32 Å². The zero-order chi connectivity index (χ0) is 21.3. The van der Waals surface area contributed by atoms with Gasteiger partial charge in [-0.2, -0.15) is 0 Å². The normalized spacial score (nSPS) is 10.8. The van der Waals surface area contributed by atoms with Gasteiger partial charge in [0.05, 0.1) is 5.69 Å². The molecule has 0 aliphatic carbocycles. The van der Waals surface area contributed by atoms with Gasteiger partial charge in [-0.3, -0.25) is 4.79 Å². The molecule has 0 bridgehead atoms. The number of hydrogen-bond acceptors (Lipinski definition) is 3. The van der Waals surface area contributed by atoms with E-state index >= 15 is 0 Å². The van der Waals surface area contributed by atoms with Crippen LogP contribution in [0.3, 0.4) is 0 Å². The monoisotopic (exact) mass is 436 g/mol. The van der Waals surface area contributed by atoms with Crippen LogP contribution in [0.2, 0.25) is 10.0 Å². The summed E-state index contributed by atoms with van der Waals surface area (Å²) in [5.74, 6) is 0.164. The lowest BCUT2D eigenvalue weighted by molar-refractivity contribution is 0.101. The number of halogens is 2. The zero-order valence-corrected chi connectivity index (χ0v) is 17.9. The highest BCUT2D eigenvalue weighted by molar-refractivity contribution is 6.31. The van der Waals surface area contributed by atoms with E-state index in [0.717, 1.165) is 22.4 Å². The van der Waals surface area contributed by atoms with Gasteiger partial charge in [0, 0.05) is 21.3 Å². The summed E-state index contributed by atoms with van der Waals surface area (Å²) < 4.78 is 1.61. The Morgan fingerprint density at radius 3 is 2.37 bits per heavy atom. The Kier molecular flexibility index (Phi) is 5.57. The lowest BCUT2D eigenvalue weighted by Crippen LogP contribution is -2.14. The number of nitrogens with one attached hydrogen (secondary N) is 1. The highest BCUT2D eigenvalue weighted by atomic mass is 35.5. The van der Waals surface area contributed by atoms with Gasteiger partial charge >= 0.3 is 0 Å². The molecule has 0 radical (unpaired) electrons. The van der Waals surface area contributed by atoms with Crippen LogP contribution in [0.15, 0.2) is 66.7 Å². The summed E-state index contributed by atoms with van der Waals surface area (Å²) in [5.41, 5.74) is 4.41. The fraction of sp³-hybridized carbons (Fsp3) is 0.0870. The molecule has 4 rings (SSSR count). The third-order valence-electron chi connectivity index (χ3n) is 4.73. The Labute approximate surface area is 184 Å². The summed E-state index contributed by atoms with van der Waals surface area (Å²) >= 11 is 12.2. The first-order valence-corrected chi connectivity index (χ1v) is 10.0. The first kappa shape index (κ1) is 20.1. The van der Waals surface area contributed by atoms with Crippen molar-refractivity contribution >= 4 is 34.8 Å². The lowest BCUT2D eigenvalue weighted by Gasteiger charge is -2.06. The Bertz CT molecular complexity index is 1230. The predicted octanol–water partition coefficient (Wildman–Crippen LogP) is 6.11. The number of carbonyl (C=O) groups excluding carboxylic acids is 1. The van der Waals surface area contributed by atoms with Gasteiger partial charge in [0.25, 0.3) is 5.91 Å². The molecule has 150 valence electrons. The Morgan fingerprint density at radius 2 is 1.67 bits per heavy atom. The fourth-order valence-electron chi connectivity index (χ4n) is 2.99. The molecule has 0 unspecified atom stereocenters. The van der Waals surface area contributed by atoms with Gasteiger partial charge in [0.15, 0.2) is 5.82 Å². The molecule has 1 heterocycles. The van der Waals surface area contributed by atoms with Crippen LogP contribution in [0.1, 0.15) is 21.7 Å². The first-order valence-electron chi connectivity index (χ1n) is 9.28. The van der Waals surface area contributed by atoms with Crippen molar-refractivity contribution in [3.63, 3.8) is 0 Å². The van der Waals surface area contributed by atoms with Crippen LogP contribution < -0.4 is 5.32 Å². The Morgan fingerprint density at radius 1 is 0.900 bits per heavy atom. The molecule has 5 nitrogen and oxygen atoms in total. The van der Waals surface area contributed by atoms with Crippen molar-refractivity contribution < 1.29 is 4.79 Å². The van der Waals surface area contributed by atoms with E-state index in [1.807, 2.05) is 56.3 Å². The predicted molar refractivity (Wildman–Crippen MR) is 121 cm³/mol. The maximum Gasteiger partial charge on any atom is 0.295 e. The maximum atomic E-state index is 12.9. The van der Waals surface area contributed by atoms with Crippen molar-refractivity contribution in [2.45, 2.75) is 13.8 Å². The molecule has 30 heavy (non-hydrogen) atoms. The summed E-state index contributed by atoms with van der Waals surface area (Å²) in [6.07, 6.45) is 0. The number of carbonyl (C=O) groups is 1. The van der Waals surface area contributed by atoms with E-state index in [-0.39, 0.29) is 5.82 Å². The van der Waals surface area contributed by atoms with E-state index in [2.05, 4.69) is 15.4 Å². The number of anilines is 1. The molecular formula is C23H18Cl2N4O. The van der Waals surface area contributed by atoms with Crippen LogP contribution in [0, 0.1) is 13.8 Å². The molecule has 4 aromatic rings. The molecule has 7 heteroatoms. The number of aromatic nitrogens is 3. The topological polar surface area (TPSA) is 59.8 Å². The Balaban J connectivity index is 1.75. The summed E-state index contributed by atoms with van der Waals surface area (Å²) in [5, 5.41) is 8.50. The molecular weight excluding hydrogens is 419 g/mol. The molecule has 0 saturated heterocycles. The van der Waals surface area contributed by atoms with E-state index in [1.54, 1.807) is 28.9 Å². The molecule has 1 aromatic heterocycles. The van der Waals surface area contributed by atoms with Gasteiger partial charge in [-0.25, -0.2) is 9.67 Å². The standard InChI is InChI=1S/C23H18Cl2N4O/c1-14-6-9-19(12-15(14)2)26-23(30)21-27-22(16-4-3-5-18(25)13-16)29(28-21)20-10-7-17(24)8-11-20/h3-13H,1-2H3,(H,26,30). The quantitative estimate of drug-likeness (QED) is 0.419. The van der Waals surface area contributed by atoms with Crippen LogP contribution in [0.25, 0.3) is 17.1 Å². The molecule has 0 saturated carbocycles. The molecule has 0 spiro atoms. The van der Waals surface area contributed by atoms with E-state index in [9.17, 15) is 4.79 Å². The van der Waals surface area contributed by atoms with Crippen molar-refractivity contribution in [2.24, 2.45) is 0 Å². The fourth-order valence-corrected chi connectivity index (χ4v) is 3.31. The average molecular weight is 437 g/mol. The molecule has 0 aliphatic rings. The third kappa shape index (κ3) is 4.22. The minimum Gasteiger partial charge on any atom is -0.319 e. The lowest BCUT2D eigenvalue weighted by atomic mass is 10.1. The second-order valence-corrected chi connectivity index (χ2v) is 7.78. The van der Waals surface area contributed by atoms with Gasteiger partial charge in [-0.05, 0) is 73.5 Å². The molecule has 1 N–H and O–H groups in total. The number of rotatable bonds is 4. The van der Waals surface area contributed by atoms with Crippen molar-refractivity contribution in [2.75, 3.05) is 5.32 Å². The van der Waals surface area contributed by atoms with Gasteiger partial charge in [-0.1, -0.05) is 41.4 Å². The van der Waals surface area contributed by atoms with E-state index in [4.69, 9.17) is 23.2 Å². The first-order chi connectivity index (χ1) is 14.4. The highest BCUT2D eigenvalue weighted by Crippen LogP contribution is 2.25. The van der Waals surface area contributed by atoms with E-state index in [0.29, 0.717) is 21.6 Å². The third-order valence-corrected chi connectivity index (χ3v) is 5.22. The van der Waals surface area contributed by atoms with Crippen LogP contribution in [0.5, 0.6) is 0 Å². The van der Waals surface area contributed by atoms with Crippen molar-refractivity contribution in [3.05, 3.63) is 93.7 Å². The largest absolute Gasteiger partial charge is 0.319 e. The smallest absolute Gasteiger partial charge is 0.295 e. The van der Waals surface area contributed by atoms with E-state index in [1.165, 1.54) is 0 Å². The summed E-state index contributed by atoms with van der Waals surface area (Å²) in [6.45, 7) is 4.02. The van der Waals surface area contributed by atoms with E-state index < -0.39 is 5.91 Å². The SMILES string of the molecule is Cc1ccc(NC(=O)c2nc(-c3cccc(Cl)c3)n(-c3ccc(Cl)cc3)n2)cc1C. The summed E-state index contributed by atoms with van der Waals surface area (Å²) in [4.78, 5) is 17.4. The van der Waals surface area contributed by atoms with Crippen molar-refractivity contribution in [1.82, 2.24) is 14.8 Å². The zero-order valence-electron chi connectivity index (χ0n) is 16.4. The number of benzene rings is 3. The number of aryl methyl sites for hydroxylation is 2. The second-order valence-electron chi connectivity index (χ2n) is 6.91. The second kappa shape index (κ2) is 8.30. The van der Waals surface area contributed by atoms with Crippen LogP contribution >= 0.6 is 23.2 Å². The number of hydrogen-bond donors (Lipinski definition) is 1. The highest BCUT2D eigenvalue weighted by Gasteiger charge is 2.19. The van der Waals surface area contributed by atoms with Crippen LogP contribution in [-0.4, -0.2) is 20.7 Å². The van der Waals surface area contributed by atoms with Crippen LogP contribution in [0.4, 0.5) is 5.69 Å².